The number of aromatic nitrogens is 1. The Morgan fingerprint density at radius 3 is 2.86 bits per heavy atom. The Morgan fingerprint density at radius 1 is 1.18 bits per heavy atom. The van der Waals surface area contributed by atoms with Crippen molar-refractivity contribution in [2.45, 2.75) is 6.92 Å². The molecule has 22 heavy (non-hydrogen) atoms. The number of nitrogens with zero attached hydrogens (tertiary/aromatic N) is 2. The number of rotatable bonds is 3. The number of hydrogen-bond donors (Lipinski definition) is 1. The first-order chi connectivity index (χ1) is 10.6. The van der Waals surface area contributed by atoms with E-state index < -0.39 is 0 Å². The van der Waals surface area contributed by atoms with Crippen LogP contribution in [0.15, 0.2) is 64.3 Å². The predicted molar refractivity (Wildman–Crippen MR) is 96.7 cm³/mol. The molecule has 0 amide bonds. The molecule has 0 aliphatic rings. The summed E-state index contributed by atoms with van der Waals surface area (Å²) < 4.78 is 1.03. The number of halogens is 2. The summed E-state index contributed by atoms with van der Waals surface area (Å²) in [4.78, 5) is 4.32. The van der Waals surface area contributed by atoms with E-state index in [2.05, 4.69) is 31.4 Å². The van der Waals surface area contributed by atoms with Gasteiger partial charge in [0, 0.05) is 21.1 Å². The lowest BCUT2D eigenvalue weighted by Gasteiger charge is -2.07. The molecule has 1 aromatic heterocycles. The SMILES string of the molecule is C/C(=N\Nc1ccnc2cc(Cl)ccc12)c1cccc(Br)c1. The summed E-state index contributed by atoms with van der Waals surface area (Å²) in [5.74, 6) is 0. The molecule has 0 saturated carbocycles. The van der Waals surface area contributed by atoms with Gasteiger partial charge in [0.2, 0.25) is 0 Å². The van der Waals surface area contributed by atoms with Crippen molar-refractivity contribution in [1.29, 1.82) is 0 Å². The minimum Gasteiger partial charge on any atom is -0.277 e. The normalized spacial score (nSPS) is 11.7. The molecule has 0 unspecified atom stereocenters. The van der Waals surface area contributed by atoms with E-state index in [1.54, 1.807) is 6.20 Å². The van der Waals surface area contributed by atoms with Gasteiger partial charge < -0.3 is 0 Å². The molecule has 0 fully saturated rings. The molecule has 3 rings (SSSR count). The lowest BCUT2D eigenvalue weighted by molar-refractivity contribution is 1.31. The minimum atomic E-state index is 0.672. The van der Waals surface area contributed by atoms with Gasteiger partial charge in [-0.25, -0.2) is 0 Å². The van der Waals surface area contributed by atoms with Gasteiger partial charge in [-0.1, -0.05) is 39.7 Å². The molecule has 3 nitrogen and oxygen atoms in total. The highest BCUT2D eigenvalue weighted by atomic mass is 79.9. The maximum Gasteiger partial charge on any atom is 0.0738 e. The Hall–Kier alpha value is -1.91. The van der Waals surface area contributed by atoms with Gasteiger partial charge in [-0.15, -0.1) is 0 Å². The first-order valence-corrected chi connectivity index (χ1v) is 7.91. The average molecular weight is 375 g/mol. The summed E-state index contributed by atoms with van der Waals surface area (Å²) in [6.07, 6.45) is 1.74. The second-order valence-electron chi connectivity index (χ2n) is 4.84. The predicted octanol–water partition coefficient (Wildman–Crippen LogP) is 5.49. The molecule has 5 heteroatoms. The number of hydrazone groups is 1. The monoisotopic (exact) mass is 373 g/mol. The molecule has 0 saturated heterocycles. The fourth-order valence-electron chi connectivity index (χ4n) is 2.14. The van der Waals surface area contributed by atoms with Gasteiger partial charge >= 0.3 is 0 Å². The van der Waals surface area contributed by atoms with Crippen LogP contribution in [0, 0.1) is 0 Å². The van der Waals surface area contributed by atoms with Gasteiger partial charge in [0.15, 0.2) is 0 Å². The van der Waals surface area contributed by atoms with Crippen molar-refractivity contribution in [2.24, 2.45) is 5.10 Å². The maximum absolute atomic E-state index is 6.00. The molecule has 3 aromatic rings. The van der Waals surface area contributed by atoms with Crippen LogP contribution in [0.25, 0.3) is 10.9 Å². The quantitative estimate of drug-likeness (QED) is 0.486. The van der Waals surface area contributed by atoms with Crippen molar-refractivity contribution in [2.75, 3.05) is 5.43 Å². The Kier molecular flexibility index (Phi) is 4.41. The van der Waals surface area contributed by atoms with Gasteiger partial charge in [-0.05, 0) is 48.9 Å². The van der Waals surface area contributed by atoms with Crippen molar-refractivity contribution in [3.63, 3.8) is 0 Å². The standard InChI is InChI=1S/C17H13BrClN3/c1-11(12-3-2-4-13(18)9-12)21-22-16-7-8-20-17-10-14(19)5-6-15(16)17/h2-10H,1H3,(H,20,22)/b21-11+. The minimum absolute atomic E-state index is 0.672. The van der Waals surface area contributed by atoms with Crippen LogP contribution in [0.3, 0.4) is 0 Å². The topological polar surface area (TPSA) is 37.3 Å². The Balaban J connectivity index is 1.92. The molecule has 0 radical (unpaired) electrons. The van der Waals surface area contributed by atoms with Crippen molar-refractivity contribution >= 4 is 49.8 Å². The van der Waals surface area contributed by atoms with Crippen LogP contribution in [-0.2, 0) is 0 Å². The molecule has 0 aliphatic carbocycles. The largest absolute Gasteiger partial charge is 0.277 e. The van der Waals surface area contributed by atoms with E-state index in [4.69, 9.17) is 11.6 Å². The summed E-state index contributed by atoms with van der Waals surface area (Å²) in [5.41, 5.74) is 6.82. The summed E-state index contributed by atoms with van der Waals surface area (Å²) in [6, 6.07) is 15.6. The van der Waals surface area contributed by atoms with Crippen molar-refractivity contribution in [3.05, 3.63) is 69.8 Å². The van der Waals surface area contributed by atoms with Gasteiger partial charge in [0.05, 0.1) is 16.9 Å². The van der Waals surface area contributed by atoms with Crippen LogP contribution < -0.4 is 5.43 Å². The highest BCUT2D eigenvalue weighted by Gasteiger charge is 2.03. The Labute approximate surface area is 142 Å². The van der Waals surface area contributed by atoms with Crippen LogP contribution in [0.2, 0.25) is 5.02 Å². The van der Waals surface area contributed by atoms with Crippen molar-refractivity contribution in [3.8, 4) is 0 Å². The molecule has 1 N–H and O–H groups in total. The van der Waals surface area contributed by atoms with Crippen LogP contribution in [0.5, 0.6) is 0 Å². The summed E-state index contributed by atoms with van der Waals surface area (Å²) in [5, 5.41) is 6.12. The van der Waals surface area contributed by atoms with Gasteiger partial charge in [-0.3, -0.25) is 10.4 Å². The lowest BCUT2D eigenvalue weighted by Crippen LogP contribution is -2.00. The lowest BCUT2D eigenvalue weighted by atomic mass is 10.1. The second kappa shape index (κ2) is 6.46. The fraction of sp³-hybridized carbons (Fsp3) is 0.0588. The third-order valence-corrected chi connectivity index (χ3v) is 4.02. The van der Waals surface area contributed by atoms with Crippen LogP contribution in [0.4, 0.5) is 5.69 Å². The molecule has 1 heterocycles. The van der Waals surface area contributed by atoms with E-state index in [-0.39, 0.29) is 0 Å². The Morgan fingerprint density at radius 2 is 2.05 bits per heavy atom. The van der Waals surface area contributed by atoms with Crippen LogP contribution in [0.1, 0.15) is 12.5 Å². The summed E-state index contributed by atoms with van der Waals surface area (Å²) >= 11 is 9.47. The highest BCUT2D eigenvalue weighted by molar-refractivity contribution is 9.10. The zero-order valence-electron chi connectivity index (χ0n) is 11.8. The van der Waals surface area contributed by atoms with E-state index in [0.717, 1.165) is 32.3 Å². The average Bonchev–Trinajstić information content (AvgIpc) is 2.52. The third-order valence-electron chi connectivity index (χ3n) is 3.29. The zero-order chi connectivity index (χ0) is 15.5. The van der Waals surface area contributed by atoms with E-state index in [0.29, 0.717) is 5.02 Å². The summed E-state index contributed by atoms with van der Waals surface area (Å²) in [7, 11) is 0. The van der Waals surface area contributed by atoms with Crippen LogP contribution >= 0.6 is 27.5 Å². The number of nitrogens with one attached hydrogen (secondary N) is 1. The van der Waals surface area contributed by atoms with Gasteiger partial charge in [0.1, 0.15) is 0 Å². The smallest absolute Gasteiger partial charge is 0.0738 e. The third kappa shape index (κ3) is 3.29. The molecular formula is C17H13BrClN3. The van der Waals surface area contributed by atoms with Crippen molar-refractivity contribution in [1.82, 2.24) is 4.98 Å². The molecule has 0 bridgehead atoms. The fourth-order valence-corrected chi connectivity index (χ4v) is 2.71. The molecule has 2 aromatic carbocycles. The highest BCUT2D eigenvalue weighted by Crippen LogP contribution is 2.24. The molecule has 0 spiro atoms. The van der Waals surface area contributed by atoms with E-state index in [9.17, 15) is 0 Å². The van der Waals surface area contributed by atoms with Gasteiger partial charge in [0.25, 0.3) is 0 Å². The Bertz CT molecular complexity index is 861. The first kappa shape index (κ1) is 15.0. The summed E-state index contributed by atoms with van der Waals surface area (Å²) in [6.45, 7) is 1.97. The maximum atomic E-state index is 6.00. The van der Waals surface area contributed by atoms with Crippen molar-refractivity contribution < 1.29 is 0 Å². The van der Waals surface area contributed by atoms with Crippen LogP contribution in [-0.4, -0.2) is 10.7 Å². The van der Waals surface area contributed by atoms with E-state index in [1.165, 1.54) is 0 Å². The zero-order valence-corrected chi connectivity index (χ0v) is 14.2. The molecule has 110 valence electrons. The molecular weight excluding hydrogens is 362 g/mol. The number of hydrogen-bond acceptors (Lipinski definition) is 3. The number of anilines is 1. The number of pyridine rings is 1. The van der Waals surface area contributed by atoms with E-state index >= 15 is 0 Å². The first-order valence-electron chi connectivity index (χ1n) is 6.74. The molecule has 0 aliphatic heterocycles. The van der Waals surface area contributed by atoms with Gasteiger partial charge in [-0.2, -0.15) is 5.10 Å². The molecule has 0 atom stereocenters. The second-order valence-corrected chi connectivity index (χ2v) is 6.19. The number of fused-ring (bicyclic) bond motifs is 1. The van der Waals surface area contributed by atoms with E-state index in [1.807, 2.05) is 55.5 Å². The number of benzene rings is 2.